The second kappa shape index (κ2) is 5.03. The zero-order chi connectivity index (χ0) is 12.3. The fraction of sp³-hybridized carbons (Fsp3) is 0.786. The van der Waals surface area contributed by atoms with Gasteiger partial charge in [-0.1, -0.05) is 33.8 Å². The lowest BCUT2D eigenvalue weighted by molar-refractivity contribution is -0.138. The van der Waals surface area contributed by atoms with Gasteiger partial charge in [0.15, 0.2) is 0 Å². The van der Waals surface area contributed by atoms with E-state index in [4.69, 9.17) is 4.74 Å². The van der Waals surface area contributed by atoms with Gasteiger partial charge in [-0.2, -0.15) is 0 Å². The standard InChI is InChI=1S/C14H24O2/c1-10(9-14(3,4)5)6-7-12-8-11(2)16-13(12)15/h7,10-11H,6,8-9H2,1-5H3. The van der Waals surface area contributed by atoms with Crippen LogP contribution in [0.25, 0.3) is 0 Å². The van der Waals surface area contributed by atoms with E-state index in [2.05, 4.69) is 33.8 Å². The Balaban J connectivity index is 2.44. The average Bonchev–Trinajstić information content (AvgIpc) is 2.38. The molecule has 0 radical (unpaired) electrons. The summed E-state index contributed by atoms with van der Waals surface area (Å²) in [6, 6.07) is 0. The fourth-order valence-corrected chi connectivity index (χ4v) is 2.33. The van der Waals surface area contributed by atoms with Gasteiger partial charge in [0.1, 0.15) is 6.10 Å². The summed E-state index contributed by atoms with van der Waals surface area (Å²) in [5.41, 5.74) is 1.23. The number of rotatable bonds is 3. The second-order valence-corrected chi connectivity index (χ2v) is 6.26. The molecule has 2 unspecified atom stereocenters. The number of cyclic esters (lactones) is 1. The highest BCUT2D eigenvalue weighted by molar-refractivity contribution is 5.90. The molecule has 2 atom stereocenters. The van der Waals surface area contributed by atoms with Crippen LogP contribution in [0, 0.1) is 11.3 Å². The molecule has 0 aromatic carbocycles. The average molecular weight is 224 g/mol. The van der Waals surface area contributed by atoms with Crippen molar-refractivity contribution in [1.29, 1.82) is 0 Å². The molecule has 0 aromatic rings. The van der Waals surface area contributed by atoms with Crippen molar-refractivity contribution in [3.8, 4) is 0 Å². The Labute approximate surface area is 99.1 Å². The monoisotopic (exact) mass is 224 g/mol. The van der Waals surface area contributed by atoms with Crippen LogP contribution in [0.4, 0.5) is 0 Å². The minimum Gasteiger partial charge on any atom is -0.459 e. The van der Waals surface area contributed by atoms with Crippen LogP contribution in [0.1, 0.15) is 53.9 Å². The van der Waals surface area contributed by atoms with Gasteiger partial charge in [-0.3, -0.25) is 0 Å². The molecule has 1 heterocycles. The van der Waals surface area contributed by atoms with Crippen molar-refractivity contribution in [2.24, 2.45) is 11.3 Å². The molecule has 0 amide bonds. The topological polar surface area (TPSA) is 26.3 Å². The Bertz CT molecular complexity index is 284. The van der Waals surface area contributed by atoms with Gasteiger partial charge in [-0.05, 0) is 31.1 Å². The van der Waals surface area contributed by atoms with E-state index in [-0.39, 0.29) is 12.1 Å². The number of hydrogen-bond donors (Lipinski definition) is 0. The van der Waals surface area contributed by atoms with Crippen LogP contribution in [0.5, 0.6) is 0 Å². The van der Waals surface area contributed by atoms with Crippen LogP contribution in [-0.4, -0.2) is 12.1 Å². The van der Waals surface area contributed by atoms with Crippen molar-refractivity contribution in [1.82, 2.24) is 0 Å². The largest absolute Gasteiger partial charge is 0.459 e. The minimum atomic E-state index is -0.115. The van der Waals surface area contributed by atoms with Crippen LogP contribution >= 0.6 is 0 Å². The number of carbonyl (C=O) groups is 1. The first-order valence-corrected chi connectivity index (χ1v) is 6.18. The third-order valence-electron chi connectivity index (χ3n) is 2.81. The molecule has 2 nitrogen and oxygen atoms in total. The van der Waals surface area contributed by atoms with Crippen molar-refractivity contribution < 1.29 is 9.53 Å². The van der Waals surface area contributed by atoms with Crippen LogP contribution in [0.15, 0.2) is 11.6 Å². The van der Waals surface area contributed by atoms with Crippen molar-refractivity contribution in [2.45, 2.75) is 60.0 Å². The lowest BCUT2D eigenvalue weighted by Gasteiger charge is -2.22. The molecule has 2 heteroatoms. The predicted molar refractivity (Wildman–Crippen MR) is 66.1 cm³/mol. The minimum absolute atomic E-state index is 0.0664. The Morgan fingerprint density at radius 3 is 2.56 bits per heavy atom. The zero-order valence-corrected chi connectivity index (χ0v) is 11.2. The zero-order valence-electron chi connectivity index (χ0n) is 11.2. The molecule has 0 aliphatic carbocycles. The summed E-state index contributed by atoms with van der Waals surface area (Å²) in [6.45, 7) is 10.9. The summed E-state index contributed by atoms with van der Waals surface area (Å²) >= 11 is 0. The maximum atomic E-state index is 11.4. The molecule has 1 saturated heterocycles. The molecule has 92 valence electrons. The number of hydrogen-bond acceptors (Lipinski definition) is 2. The van der Waals surface area contributed by atoms with Gasteiger partial charge >= 0.3 is 5.97 Å². The summed E-state index contributed by atoms with van der Waals surface area (Å²) in [5.74, 6) is 0.506. The van der Waals surface area contributed by atoms with E-state index in [1.165, 1.54) is 6.42 Å². The normalized spacial score (nSPS) is 25.9. The van der Waals surface area contributed by atoms with Crippen molar-refractivity contribution in [3.63, 3.8) is 0 Å². The number of esters is 1. The van der Waals surface area contributed by atoms with Crippen molar-refractivity contribution in [2.75, 3.05) is 0 Å². The number of ether oxygens (including phenoxy) is 1. The second-order valence-electron chi connectivity index (χ2n) is 6.26. The molecule has 0 spiro atoms. The van der Waals surface area contributed by atoms with E-state index < -0.39 is 0 Å². The van der Waals surface area contributed by atoms with E-state index in [1.807, 2.05) is 6.92 Å². The molecule has 0 aromatic heterocycles. The molecule has 1 aliphatic heterocycles. The van der Waals surface area contributed by atoms with Gasteiger partial charge in [0.2, 0.25) is 0 Å². The third-order valence-corrected chi connectivity index (χ3v) is 2.81. The Hall–Kier alpha value is -0.790. The predicted octanol–water partition coefficient (Wildman–Crippen LogP) is 3.71. The van der Waals surface area contributed by atoms with Crippen molar-refractivity contribution >= 4 is 5.97 Å². The van der Waals surface area contributed by atoms with Crippen LogP contribution in [-0.2, 0) is 9.53 Å². The smallest absolute Gasteiger partial charge is 0.334 e. The van der Waals surface area contributed by atoms with E-state index in [1.54, 1.807) is 0 Å². The van der Waals surface area contributed by atoms with Gasteiger partial charge in [0.25, 0.3) is 0 Å². The highest BCUT2D eigenvalue weighted by atomic mass is 16.5. The van der Waals surface area contributed by atoms with Crippen LogP contribution in [0.2, 0.25) is 0 Å². The van der Waals surface area contributed by atoms with Crippen LogP contribution < -0.4 is 0 Å². The van der Waals surface area contributed by atoms with Gasteiger partial charge < -0.3 is 4.74 Å². The maximum Gasteiger partial charge on any atom is 0.334 e. The van der Waals surface area contributed by atoms with E-state index in [0.717, 1.165) is 18.4 Å². The van der Waals surface area contributed by atoms with E-state index in [9.17, 15) is 4.79 Å². The molecular formula is C14H24O2. The molecular weight excluding hydrogens is 200 g/mol. The Morgan fingerprint density at radius 2 is 2.12 bits per heavy atom. The first kappa shape index (κ1) is 13.3. The highest BCUT2D eigenvalue weighted by Crippen LogP contribution is 2.27. The lowest BCUT2D eigenvalue weighted by atomic mass is 9.84. The Morgan fingerprint density at radius 1 is 1.50 bits per heavy atom. The molecule has 16 heavy (non-hydrogen) atoms. The summed E-state index contributed by atoms with van der Waals surface area (Å²) in [7, 11) is 0. The number of carbonyl (C=O) groups excluding carboxylic acids is 1. The molecule has 0 saturated carbocycles. The number of allylic oxidation sites excluding steroid dienone is 1. The van der Waals surface area contributed by atoms with E-state index in [0.29, 0.717) is 11.3 Å². The molecule has 1 rings (SSSR count). The molecule has 1 fully saturated rings. The van der Waals surface area contributed by atoms with E-state index >= 15 is 0 Å². The molecule has 0 N–H and O–H groups in total. The highest BCUT2D eigenvalue weighted by Gasteiger charge is 2.25. The van der Waals surface area contributed by atoms with Crippen molar-refractivity contribution in [3.05, 3.63) is 11.6 Å². The molecule has 1 aliphatic rings. The summed E-state index contributed by atoms with van der Waals surface area (Å²) < 4.78 is 5.10. The lowest BCUT2D eigenvalue weighted by Crippen LogP contribution is -2.10. The first-order chi connectivity index (χ1) is 7.28. The van der Waals surface area contributed by atoms with Gasteiger partial charge in [-0.15, -0.1) is 0 Å². The Kier molecular flexibility index (Phi) is 4.17. The summed E-state index contributed by atoms with van der Waals surface area (Å²) in [5, 5.41) is 0. The SMILES string of the molecule is CC(CC=C1CC(C)OC1=O)CC(C)(C)C. The first-order valence-electron chi connectivity index (χ1n) is 6.18. The summed E-state index contributed by atoms with van der Waals surface area (Å²) in [6.07, 6.45) is 5.08. The maximum absolute atomic E-state index is 11.4. The molecule has 0 bridgehead atoms. The fourth-order valence-electron chi connectivity index (χ4n) is 2.33. The van der Waals surface area contributed by atoms with Gasteiger partial charge in [-0.25, -0.2) is 4.79 Å². The van der Waals surface area contributed by atoms with Gasteiger partial charge in [0, 0.05) is 12.0 Å². The third kappa shape index (κ3) is 4.38. The van der Waals surface area contributed by atoms with Crippen LogP contribution in [0.3, 0.4) is 0 Å². The van der Waals surface area contributed by atoms with Gasteiger partial charge in [0.05, 0.1) is 0 Å². The quantitative estimate of drug-likeness (QED) is 0.539. The summed E-state index contributed by atoms with van der Waals surface area (Å²) in [4.78, 5) is 11.4.